The standard InChI is InChI=1S/C11H15ClN2O3S/c12-9-5-8(13)1-2-10(9)18(16,17)14-6-11(7-15)3-4-11/h1-2,5,14-15H,3-4,6-7,13H2. The number of rotatable bonds is 5. The molecule has 0 amide bonds. The lowest BCUT2D eigenvalue weighted by Gasteiger charge is -2.14. The van der Waals surface area contributed by atoms with E-state index < -0.39 is 10.0 Å². The van der Waals surface area contributed by atoms with Gasteiger partial charge < -0.3 is 10.8 Å². The molecule has 100 valence electrons. The maximum Gasteiger partial charge on any atom is 0.242 e. The molecule has 0 atom stereocenters. The zero-order valence-corrected chi connectivity index (χ0v) is 11.3. The summed E-state index contributed by atoms with van der Waals surface area (Å²) in [6.07, 6.45) is 1.67. The smallest absolute Gasteiger partial charge is 0.242 e. The van der Waals surface area contributed by atoms with Crippen molar-refractivity contribution in [1.29, 1.82) is 0 Å². The molecule has 4 N–H and O–H groups in total. The molecule has 18 heavy (non-hydrogen) atoms. The van der Waals surface area contributed by atoms with Crippen molar-refractivity contribution in [3.63, 3.8) is 0 Å². The molecule has 1 aromatic rings. The third-order valence-corrected chi connectivity index (χ3v) is 5.06. The van der Waals surface area contributed by atoms with E-state index in [0.717, 1.165) is 12.8 Å². The van der Waals surface area contributed by atoms with E-state index in [1.807, 2.05) is 0 Å². The third-order valence-electron chi connectivity index (χ3n) is 3.18. The first-order valence-corrected chi connectivity index (χ1v) is 7.40. The van der Waals surface area contributed by atoms with Crippen LogP contribution in [-0.2, 0) is 10.0 Å². The second kappa shape index (κ2) is 4.70. The molecule has 1 aromatic carbocycles. The first kappa shape index (κ1) is 13.6. The molecule has 0 spiro atoms. The average Bonchev–Trinajstić information content (AvgIpc) is 3.07. The monoisotopic (exact) mass is 290 g/mol. The van der Waals surface area contributed by atoms with Crippen molar-refractivity contribution in [2.75, 3.05) is 18.9 Å². The van der Waals surface area contributed by atoms with Crippen LogP contribution in [0.1, 0.15) is 12.8 Å². The van der Waals surface area contributed by atoms with Gasteiger partial charge in [-0.1, -0.05) is 11.6 Å². The summed E-state index contributed by atoms with van der Waals surface area (Å²) in [5.41, 5.74) is 5.64. The Bertz CT molecular complexity index is 555. The maximum atomic E-state index is 12.0. The summed E-state index contributed by atoms with van der Waals surface area (Å²) in [5.74, 6) is 0. The van der Waals surface area contributed by atoms with Gasteiger partial charge >= 0.3 is 0 Å². The number of aliphatic hydroxyl groups is 1. The fourth-order valence-electron chi connectivity index (χ4n) is 1.63. The Kier molecular flexibility index (Phi) is 3.55. The zero-order chi connectivity index (χ0) is 13.4. The molecule has 0 heterocycles. The van der Waals surface area contributed by atoms with Crippen LogP contribution in [0.2, 0.25) is 5.02 Å². The van der Waals surface area contributed by atoms with Crippen LogP contribution in [0.4, 0.5) is 5.69 Å². The summed E-state index contributed by atoms with van der Waals surface area (Å²) in [6.45, 7) is 0.220. The van der Waals surface area contributed by atoms with Crippen LogP contribution >= 0.6 is 11.6 Å². The number of nitrogens with two attached hydrogens (primary N) is 1. The highest BCUT2D eigenvalue weighted by atomic mass is 35.5. The summed E-state index contributed by atoms with van der Waals surface area (Å²) in [5, 5.41) is 9.23. The zero-order valence-electron chi connectivity index (χ0n) is 9.69. The van der Waals surface area contributed by atoms with Crippen molar-refractivity contribution in [2.24, 2.45) is 5.41 Å². The lowest BCUT2D eigenvalue weighted by molar-refractivity contribution is 0.213. The quantitative estimate of drug-likeness (QED) is 0.705. The predicted octanol–water partition coefficient (Wildman–Crippen LogP) is 0.973. The first-order chi connectivity index (χ1) is 8.38. The highest BCUT2D eigenvalue weighted by Crippen LogP contribution is 2.44. The second-order valence-electron chi connectivity index (χ2n) is 4.67. The number of nitrogen functional groups attached to an aromatic ring is 1. The number of hydrogen-bond donors (Lipinski definition) is 3. The molecule has 0 radical (unpaired) electrons. The minimum Gasteiger partial charge on any atom is -0.399 e. The molecule has 0 unspecified atom stereocenters. The number of hydrogen-bond acceptors (Lipinski definition) is 4. The van der Waals surface area contributed by atoms with Crippen molar-refractivity contribution >= 4 is 27.3 Å². The number of halogens is 1. The van der Waals surface area contributed by atoms with Crippen LogP contribution in [0.25, 0.3) is 0 Å². The Balaban J connectivity index is 2.15. The Hall–Kier alpha value is -0.820. The highest BCUT2D eigenvalue weighted by Gasteiger charge is 2.42. The molecule has 5 nitrogen and oxygen atoms in total. The lowest BCUT2D eigenvalue weighted by Crippen LogP contribution is -2.32. The van der Waals surface area contributed by atoms with Crippen molar-refractivity contribution in [3.05, 3.63) is 23.2 Å². The van der Waals surface area contributed by atoms with Crippen LogP contribution in [0.5, 0.6) is 0 Å². The van der Waals surface area contributed by atoms with Crippen molar-refractivity contribution in [1.82, 2.24) is 4.72 Å². The normalized spacial score (nSPS) is 17.7. The van der Waals surface area contributed by atoms with Crippen LogP contribution in [0, 0.1) is 5.41 Å². The Morgan fingerprint density at radius 2 is 2.11 bits per heavy atom. The van der Waals surface area contributed by atoms with Gasteiger partial charge in [0.25, 0.3) is 0 Å². The summed E-state index contributed by atoms with van der Waals surface area (Å²) < 4.78 is 26.5. The van der Waals surface area contributed by atoms with E-state index >= 15 is 0 Å². The van der Waals surface area contributed by atoms with Gasteiger partial charge in [-0.25, -0.2) is 13.1 Å². The van der Waals surface area contributed by atoms with E-state index in [1.165, 1.54) is 18.2 Å². The number of benzene rings is 1. The highest BCUT2D eigenvalue weighted by molar-refractivity contribution is 7.89. The van der Waals surface area contributed by atoms with Gasteiger partial charge in [0.1, 0.15) is 4.90 Å². The maximum absolute atomic E-state index is 12.0. The predicted molar refractivity (Wildman–Crippen MR) is 69.8 cm³/mol. The van der Waals surface area contributed by atoms with Gasteiger partial charge in [-0.15, -0.1) is 0 Å². The summed E-state index contributed by atoms with van der Waals surface area (Å²) in [4.78, 5) is 0.00658. The van der Waals surface area contributed by atoms with E-state index in [2.05, 4.69) is 4.72 Å². The Morgan fingerprint density at radius 1 is 1.44 bits per heavy atom. The first-order valence-electron chi connectivity index (χ1n) is 5.54. The SMILES string of the molecule is Nc1ccc(S(=O)(=O)NCC2(CO)CC2)c(Cl)c1. The lowest BCUT2D eigenvalue weighted by atomic mass is 10.1. The fourth-order valence-corrected chi connectivity index (χ4v) is 3.34. The van der Waals surface area contributed by atoms with Crippen molar-refractivity contribution in [2.45, 2.75) is 17.7 Å². The van der Waals surface area contributed by atoms with E-state index in [-0.39, 0.29) is 28.5 Å². The van der Waals surface area contributed by atoms with E-state index in [1.54, 1.807) is 0 Å². The van der Waals surface area contributed by atoms with E-state index in [4.69, 9.17) is 22.4 Å². The molecule has 7 heteroatoms. The Labute approximate surface area is 111 Å². The second-order valence-corrected chi connectivity index (χ2v) is 6.82. The number of sulfonamides is 1. The van der Waals surface area contributed by atoms with Gasteiger partial charge in [-0.3, -0.25) is 0 Å². The minimum atomic E-state index is -3.66. The van der Waals surface area contributed by atoms with Crippen LogP contribution in [-0.4, -0.2) is 26.7 Å². The van der Waals surface area contributed by atoms with Crippen LogP contribution in [0.15, 0.2) is 23.1 Å². The fraction of sp³-hybridized carbons (Fsp3) is 0.455. The molecule has 1 fully saturated rings. The van der Waals surface area contributed by atoms with Crippen molar-refractivity contribution < 1.29 is 13.5 Å². The molecule has 1 aliphatic rings. The van der Waals surface area contributed by atoms with E-state index in [0.29, 0.717) is 5.69 Å². The van der Waals surface area contributed by atoms with Crippen molar-refractivity contribution in [3.8, 4) is 0 Å². The van der Waals surface area contributed by atoms with E-state index in [9.17, 15) is 8.42 Å². The minimum absolute atomic E-state index is 0.00658. The molecular formula is C11H15ClN2O3S. The molecule has 0 aliphatic heterocycles. The number of anilines is 1. The molecule has 1 saturated carbocycles. The van der Waals surface area contributed by atoms with Gasteiger partial charge in [0.15, 0.2) is 0 Å². The Morgan fingerprint density at radius 3 is 2.61 bits per heavy atom. The molecule has 0 aromatic heterocycles. The van der Waals surface area contributed by atoms with Gasteiger partial charge in [0, 0.05) is 24.3 Å². The third kappa shape index (κ3) is 2.77. The van der Waals surface area contributed by atoms with Crippen LogP contribution in [0.3, 0.4) is 0 Å². The summed E-state index contributed by atoms with van der Waals surface area (Å²) in [6, 6.07) is 4.26. The molecular weight excluding hydrogens is 276 g/mol. The van der Waals surface area contributed by atoms with Crippen LogP contribution < -0.4 is 10.5 Å². The number of nitrogens with one attached hydrogen (secondary N) is 1. The molecule has 0 bridgehead atoms. The topological polar surface area (TPSA) is 92.4 Å². The molecule has 1 aliphatic carbocycles. The van der Waals surface area contributed by atoms with Gasteiger partial charge in [-0.2, -0.15) is 0 Å². The number of aliphatic hydroxyl groups excluding tert-OH is 1. The largest absolute Gasteiger partial charge is 0.399 e. The summed E-state index contributed by atoms with van der Waals surface area (Å²) >= 11 is 5.86. The van der Waals surface area contributed by atoms with Gasteiger partial charge in [0.2, 0.25) is 10.0 Å². The molecule has 2 rings (SSSR count). The van der Waals surface area contributed by atoms with Gasteiger partial charge in [0.05, 0.1) is 5.02 Å². The average molecular weight is 291 g/mol. The van der Waals surface area contributed by atoms with Gasteiger partial charge in [-0.05, 0) is 31.0 Å². The summed E-state index contributed by atoms with van der Waals surface area (Å²) in [7, 11) is -3.66. The molecule has 0 saturated heterocycles.